The van der Waals surface area contributed by atoms with Crippen molar-refractivity contribution in [2.45, 2.75) is 19.3 Å². The lowest BCUT2D eigenvalue weighted by molar-refractivity contribution is -0.122. The van der Waals surface area contributed by atoms with Gasteiger partial charge in [-0.2, -0.15) is 0 Å². The zero-order valence-corrected chi connectivity index (χ0v) is 17.3. The number of benzene rings is 2. The van der Waals surface area contributed by atoms with E-state index in [-0.39, 0.29) is 54.9 Å². The van der Waals surface area contributed by atoms with Gasteiger partial charge >= 0.3 is 0 Å². The van der Waals surface area contributed by atoms with Crippen molar-refractivity contribution in [1.82, 2.24) is 10.6 Å². The molecule has 4 rings (SSSR count). The molecular weight excluding hydrogens is 416 g/mol. The van der Waals surface area contributed by atoms with Crippen LogP contribution in [-0.4, -0.2) is 36.8 Å². The van der Waals surface area contributed by atoms with Gasteiger partial charge < -0.3 is 29.6 Å². The molecule has 0 unspecified atom stereocenters. The van der Waals surface area contributed by atoms with Crippen molar-refractivity contribution in [3.63, 3.8) is 0 Å². The molecule has 2 amide bonds. The van der Waals surface area contributed by atoms with E-state index in [4.69, 9.17) is 13.9 Å². The van der Waals surface area contributed by atoms with E-state index < -0.39 is 5.92 Å². The van der Waals surface area contributed by atoms with Crippen LogP contribution in [0.25, 0.3) is 11.0 Å². The van der Waals surface area contributed by atoms with Crippen LogP contribution in [0.5, 0.6) is 17.2 Å². The van der Waals surface area contributed by atoms with E-state index >= 15 is 0 Å². The van der Waals surface area contributed by atoms with Crippen molar-refractivity contribution < 1.29 is 28.6 Å². The Morgan fingerprint density at radius 1 is 1.06 bits per heavy atom. The molecule has 1 aliphatic heterocycles. The van der Waals surface area contributed by atoms with E-state index in [1.54, 1.807) is 30.3 Å². The number of phenolic OH excluding ortho intramolecular Hbond substituents is 1. The topological polar surface area (TPSA) is 127 Å². The standard InChI is InChI=1S/C23H22N2O7/c1-13(26)24-6-7-25-22(28)9-15(16-8-20-21(10-18(16)27)32-12-31-20)17-11-30-19-5-3-2-4-14(19)23(17)29/h2-5,8,10-11,15,27H,6-7,9,12H2,1H3,(H,24,26)(H,25,28)/t15-/m1/s1. The number of carbonyl (C=O) groups excluding carboxylic acids is 2. The predicted molar refractivity (Wildman–Crippen MR) is 115 cm³/mol. The molecule has 0 fully saturated rings. The van der Waals surface area contributed by atoms with E-state index in [1.807, 2.05) is 0 Å². The van der Waals surface area contributed by atoms with Crippen LogP contribution in [0.3, 0.4) is 0 Å². The number of rotatable bonds is 7. The summed E-state index contributed by atoms with van der Waals surface area (Å²) in [7, 11) is 0. The fourth-order valence-corrected chi connectivity index (χ4v) is 3.64. The monoisotopic (exact) mass is 438 g/mol. The fraction of sp³-hybridized carbons (Fsp3) is 0.261. The van der Waals surface area contributed by atoms with Crippen LogP contribution in [0.4, 0.5) is 0 Å². The van der Waals surface area contributed by atoms with Gasteiger partial charge in [0.2, 0.25) is 18.6 Å². The average Bonchev–Trinajstić information content (AvgIpc) is 3.22. The third kappa shape index (κ3) is 4.36. The number of amides is 2. The SMILES string of the molecule is CC(=O)NCCNC(=O)C[C@H](c1cc2c(cc1O)OCO2)c1coc2ccccc2c1=O. The fourth-order valence-electron chi connectivity index (χ4n) is 3.64. The molecule has 1 aliphatic rings. The van der Waals surface area contributed by atoms with Crippen molar-refractivity contribution in [2.75, 3.05) is 19.9 Å². The minimum Gasteiger partial charge on any atom is -0.508 e. The molecule has 9 nitrogen and oxygen atoms in total. The molecule has 0 spiro atoms. The normalized spacial score (nSPS) is 13.0. The van der Waals surface area contributed by atoms with Crippen molar-refractivity contribution in [1.29, 1.82) is 0 Å². The Labute approximate surface area is 182 Å². The first-order valence-corrected chi connectivity index (χ1v) is 10.1. The van der Waals surface area contributed by atoms with E-state index in [0.717, 1.165) is 0 Å². The Morgan fingerprint density at radius 3 is 2.56 bits per heavy atom. The molecular formula is C23H22N2O7. The molecule has 0 aliphatic carbocycles. The van der Waals surface area contributed by atoms with Gasteiger partial charge in [-0.15, -0.1) is 0 Å². The molecule has 2 aromatic carbocycles. The van der Waals surface area contributed by atoms with Gasteiger partial charge in [0.25, 0.3) is 0 Å². The smallest absolute Gasteiger partial charge is 0.231 e. The molecule has 32 heavy (non-hydrogen) atoms. The second-order valence-corrected chi connectivity index (χ2v) is 7.37. The van der Waals surface area contributed by atoms with Crippen LogP contribution in [0.2, 0.25) is 0 Å². The zero-order chi connectivity index (χ0) is 22.7. The molecule has 9 heteroatoms. The van der Waals surface area contributed by atoms with Crippen molar-refractivity contribution in [3.05, 3.63) is 64.0 Å². The molecule has 3 N–H and O–H groups in total. The van der Waals surface area contributed by atoms with E-state index in [0.29, 0.717) is 28.0 Å². The molecule has 0 radical (unpaired) electrons. The second-order valence-electron chi connectivity index (χ2n) is 7.37. The number of aromatic hydroxyl groups is 1. The summed E-state index contributed by atoms with van der Waals surface area (Å²) < 4.78 is 16.4. The largest absolute Gasteiger partial charge is 0.508 e. The molecule has 2 heterocycles. The predicted octanol–water partition coefficient (Wildman–Crippen LogP) is 2.00. The quantitative estimate of drug-likeness (QED) is 0.482. The van der Waals surface area contributed by atoms with E-state index in [1.165, 1.54) is 19.3 Å². The summed E-state index contributed by atoms with van der Waals surface area (Å²) in [4.78, 5) is 36.9. The lowest BCUT2D eigenvalue weighted by Crippen LogP contribution is -2.34. The zero-order valence-electron chi connectivity index (χ0n) is 17.3. The van der Waals surface area contributed by atoms with Crippen molar-refractivity contribution in [3.8, 4) is 17.2 Å². The highest BCUT2D eigenvalue weighted by Gasteiger charge is 2.28. The number of phenols is 1. The van der Waals surface area contributed by atoms with E-state index in [9.17, 15) is 19.5 Å². The molecule has 1 aromatic heterocycles. The van der Waals surface area contributed by atoms with E-state index in [2.05, 4.69) is 10.6 Å². The van der Waals surface area contributed by atoms with Crippen LogP contribution in [-0.2, 0) is 9.59 Å². The molecule has 0 bridgehead atoms. The third-order valence-corrected chi connectivity index (χ3v) is 5.19. The number of ether oxygens (including phenoxy) is 2. The van der Waals surface area contributed by atoms with Gasteiger partial charge in [0.1, 0.15) is 11.3 Å². The van der Waals surface area contributed by atoms with Crippen molar-refractivity contribution in [2.24, 2.45) is 0 Å². The average molecular weight is 438 g/mol. The van der Waals surface area contributed by atoms with Gasteiger partial charge in [-0.3, -0.25) is 14.4 Å². The Morgan fingerprint density at radius 2 is 1.78 bits per heavy atom. The Kier molecular flexibility index (Phi) is 5.98. The van der Waals surface area contributed by atoms with Gasteiger partial charge in [0.05, 0.1) is 11.6 Å². The minimum absolute atomic E-state index is 0.0185. The maximum atomic E-state index is 13.2. The molecule has 0 saturated carbocycles. The molecule has 0 saturated heterocycles. The lowest BCUT2D eigenvalue weighted by Gasteiger charge is -2.19. The third-order valence-electron chi connectivity index (χ3n) is 5.19. The van der Waals surface area contributed by atoms with Gasteiger partial charge in [-0.05, 0) is 18.2 Å². The van der Waals surface area contributed by atoms with Crippen LogP contribution in [0.1, 0.15) is 30.4 Å². The van der Waals surface area contributed by atoms with Crippen LogP contribution < -0.4 is 25.5 Å². The lowest BCUT2D eigenvalue weighted by atomic mass is 9.87. The summed E-state index contributed by atoms with van der Waals surface area (Å²) in [6.07, 6.45) is 1.19. The summed E-state index contributed by atoms with van der Waals surface area (Å²) in [5.74, 6) is -0.681. The highest BCUT2D eigenvalue weighted by Crippen LogP contribution is 2.42. The summed E-state index contributed by atoms with van der Waals surface area (Å²) in [6, 6.07) is 9.79. The first kappa shape index (κ1) is 21.2. The summed E-state index contributed by atoms with van der Waals surface area (Å²) >= 11 is 0. The highest BCUT2D eigenvalue weighted by atomic mass is 16.7. The second kappa shape index (κ2) is 9.01. The highest BCUT2D eigenvalue weighted by molar-refractivity contribution is 5.80. The number of fused-ring (bicyclic) bond motifs is 2. The number of nitrogens with one attached hydrogen (secondary N) is 2. The molecule has 166 valence electrons. The van der Waals surface area contributed by atoms with Crippen LogP contribution >= 0.6 is 0 Å². The first-order chi connectivity index (χ1) is 15.4. The minimum atomic E-state index is -0.800. The van der Waals surface area contributed by atoms with Gasteiger partial charge in [0.15, 0.2) is 16.9 Å². The Balaban J connectivity index is 1.70. The molecule has 1 atom stereocenters. The maximum Gasteiger partial charge on any atom is 0.231 e. The van der Waals surface area contributed by atoms with Crippen LogP contribution in [0, 0.1) is 0 Å². The summed E-state index contributed by atoms with van der Waals surface area (Å²) in [5.41, 5.74) is 0.707. The first-order valence-electron chi connectivity index (χ1n) is 10.1. The number of hydrogen-bond acceptors (Lipinski definition) is 7. The van der Waals surface area contributed by atoms with Gasteiger partial charge in [0, 0.05) is 49.5 Å². The number of hydrogen-bond donors (Lipinski definition) is 3. The number of carbonyl (C=O) groups is 2. The molecule has 3 aromatic rings. The van der Waals surface area contributed by atoms with Crippen molar-refractivity contribution >= 4 is 22.8 Å². The van der Waals surface area contributed by atoms with Crippen LogP contribution in [0.15, 0.2) is 51.9 Å². The maximum absolute atomic E-state index is 13.2. The Hall–Kier alpha value is -4.01. The van der Waals surface area contributed by atoms with Gasteiger partial charge in [-0.1, -0.05) is 12.1 Å². The van der Waals surface area contributed by atoms with Gasteiger partial charge in [-0.25, -0.2) is 0 Å². The summed E-state index contributed by atoms with van der Waals surface area (Å²) in [5, 5.41) is 16.3. The number of para-hydroxylation sites is 1. The Bertz CT molecular complexity index is 1230. The summed E-state index contributed by atoms with van der Waals surface area (Å²) in [6.45, 7) is 1.91.